The molecule has 2 atom stereocenters. The van der Waals surface area contributed by atoms with E-state index in [1.165, 1.54) is 0 Å². The molecule has 1 saturated heterocycles. The van der Waals surface area contributed by atoms with E-state index >= 15 is 0 Å². The first-order valence-corrected chi connectivity index (χ1v) is 5.10. The van der Waals surface area contributed by atoms with Crippen molar-refractivity contribution in [3.8, 4) is 0 Å². The summed E-state index contributed by atoms with van der Waals surface area (Å²) >= 11 is 0. The monoisotopic (exact) mass is 194 g/mol. The van der Waals surface area contributed by atoms with Crippen LogP contribution in [0.1, 0.15) is 24.6 Å². The van der Waals surface area contributed by atoms with Gasteiger partial charge in [0, 0.05) is 19.3 Å². The van der Waals surface area contributed by atoms with Crippen molar-refractivity contribution in [1.82, 2.24) is 14.5 Å². The molecular formula is C10H18N4. The summed E-state index contributed by atoms with van der Waals surface area (Å²) in [6, 6.07) is 0.734. The van der Waals surface area contributed by atoms with E-state index in [4.69, 9.17) is 5.73 Å². The second-order valence-corrected chi connectivity index (χ2v) is 4.24. The third kappa shape index (κ3) is 1.81. The fourth-order valence-corrected chi connectivity index (χ4v) is 2.06. The molecule has 1 aromatic rings. The molecule has 2 unspecified atom stereocenters. The summed E-state index contributed by atoms with van der Waals surface area (Å²) in [7, 11) is 4.14. The number of imidazole rings is 1. The SMILES string of the molecule is CN1CCC(N)CC1c1cn(C)cn1. The summed E-state index contributed by atoms with van der Waals surface area (Å²) in [6.07, 6.45) is 6.05. The van der Waals surface area contributed by atoms with Gasteiger partial charge in [0.1, 0.15) is 0 Å². The highest BCUT2D eigenvalue weighted by Crippen LogP contribution is 2.27. The Labute approximate surface area is 84.7 Å². The van der Waals surface area contributed by atoms with Crippen LogP contribution in [0.2, 0.25) is 0 Å². The van der Waals surface area contributed by atoms with Crippen molar-refractivity contribution in [2.45, 2.75) is 24.9 Å². The van der Waals surface area contributed by atoms with Crippen LogP contribution in [0, 0.1) is 0 Å². The average Bonchev–Trinajstić information content (AvgIpc) is 2.56. The number of hydrogen-bond acceptors (Lipinski definition) is 3. The molecule has 0 bridgehead atoms. The van der Waals surface area contributed by atoms with Crippen molar-refractivity contribution in [3.05, 3.63) is 18.2 Å². The highest BCUT2D eigenvalue weighted by Gasteiger charge is 2.26. The number of rotatable bonds is 1. The standard InChI is InChI=1S/C10H18N4/c1-13-6-9(12-7-13)10-5-8(11)3-4-14(10)2/h6-8,10H,3-5,11H2,1-2H3. The van der Waals surface area contributed by atoms with Gasteiger partial charge in [0.15, 0.2) is 0 Å². The van der Waals surface area contributed by atoms with Gasteiger partial charge < -0.3 is 10.3 Å². The summed E-state index contributed by atoms with van der Waals surface area (Å²) in [5, 5.41) is 0. The minimum Gasteiger partial charge on any atom is -0.340 e. The van der Waals surface area contributed by atoms with E-state index in [9.17, 15) is 0 Å². The van der Waals surface area contributed by atoms with Crippen LogP contribution in [0.15, 0.2) is 12.5 Å². The zero-order valence-corrected chi connectivity index (χ0v) is 8.85. The van der Waals surface area contributed by atoms with Crippen molar-refractivity contribution in [2.24, 2.45) is 12.8 Å². The molecule has 1 fully saturated rings. The van der Waals surface area contributed by atoms with Gasteiger partial charge in [-0.1, -0.05) is 0 Å². The van der Waals surface area contributed by atoms with Gasteiger partial charge in [0.05, 0.1) is 18.1 Å². The van der Waals surface area contributed by atoms with E-state index in [-0.39, 0.29) is 0 Å². The number of aromatic nitrogens is 2. The summed E-state index contributed by atoms with van der Waals surface area (Å²) in [5.41, 5.74) is 7.11. The van der Waals surface area contributed by atoms with Crippen molar-refractivity contribution in [2.75, 3.05) is 13.6 Å². The number of likely N-dealkylation sites (tertiary alicyclic amines) is 1. The van der Waals surface area contributed by atoms with Crippen LogP contribution < -0.4 is 5.73 Å². The first-order valence-electron chi connectivity index (χ1n) is 5.10. The lowest BCUT2D eigenvalue weighted by molar-refractivity contribution is 0.168. The normalized spacial score (nSPS) is 29.4. The van der Waals surface area contributed by atoms with E-state index in [1.807, 2.05) is 17.9 Å². The van der Waals surface area contributed by atoms with Gasteiger partial charge in [-0.05, 0) is 26.4 Å². The van der Waals surface area contributed by atoms with Crippen molar-refractivity contribution in [1.29, 1.82) is 0 Å². The minimum atomic E-state index is 0.332. The Morgan fingerprint density at radius 2 is 2.29 bits per heavy atom. The largest absolute Gasteiger partial charge is 0.340 e. The Balaban J connectivity index is 2.15. The van der Waals surface area contributed by atoms with E-state index < -0.39 is 0 Å². The maximum Gasteiger partial charge on any atom is 0.0947 e. The van der Waals surface area contributed by atoms with Gasteiger partial charge in [-0.25, -0.2) is 4.98 Å². The first-order chi connectivity index (χ1) is 6.66. The number of nitrogens with zero attached hydrogens (tertiary/aromatic N) is 3. The molecule has 4 heteroatoms. The van der Waals surface area contributed by atoms with Crippen LogP contribution in [0.4, 0.5) is 0 Å². The molecule has 1 aliphatic heterocycles. The molecule has 14 heavy (non-hydrogen) atoms. The molecule has 2 rings (SSSR count). The maximum atomic E-state index is 5.97. The number of piperidine rings is 1. The molecule has 2 N–H and O–H groups in total. The van der Waals surface area contributed by atoms with Gasteiger partial charge in [-0.15, -0.1) is 0 Å². The average molecular weight is 194 g/mol. The lowest BCUT2D eigenvalue weighted by Crippen LogP contribution is -2.40. The zero-order chi connectivity index (χ0) is 10.1. The second kappa shape index (κ2) is 3.71. The molecule has 1 aromatic heterocycles. The molecule has 0 spiro atoms. The molecule has 0 aromatic carbocycles. The summed E-state index contributed by atoms with van der Waals surface area (Å²) in [4.78, 5) is 6.73. The fraction of sp³-hybridized carbons (Fsp3) is 0.700. The Kier molecular flexibility index (Phi) is 2.56. The quantitative estimate of drug-likeness (QED) is 0.708. The van der Waals surface area contributed by atoms with E-state index in [0.29, 0.717) is 12.1 Å². The topological polar surface area (TPSA) is 47.1 Å². The smallest absolute Gasteiger partial charge is 0.0947 e. The van der Waals surface area contributed by atoms with Gasteiger partial charge in [0.2, 0.25) is 0 Å². The number of nitrogens with two attached hydrogens (primary N) is 1. The van der Waals surface area contributed by atoms with Crippen LogP contribution in [-0.4, -0.2) is 34.1 Å². The van der Waals surface area contributed by atoms with Gasteiger partial charge in [-0.3, -0.25) is 4.90 Å². The summed E-state index contributed by atoms with van der Waals surface area (Å²) < 4.78 is 1.99. The second-order valence-electron chi connectivity index (χ2n) is 4.24. The van der Waals surface area contributed by atoms with Gasteiger partial charge in [-0.2, -0.15) is 0 Å². The molecule has 2 heterocycles. The van der Waals surface area contributed by atoms with Crippen LogP contribution in [-0.2, 0) is 7.05 Å². The van der Waals surface area contributed by atoms with Crippen molar-refractivity contribution >= 4 is 0 Å². The zero-order valence-electron chi connectivity index (χ0n) is 8.85. The molecule has 0 aliphatic carbocycles. The lowest BCUT2D eigenvalue weighted by atomic mass is 9.96. The summed E-state index contributed by atoms with van der Waals surface area (Å²) in [6.45, 7) is 1.07. The van der Waals surface area contributed by atoms with E-state index in [1.54, 1.807) is 0 Å². The highest BCUT2D eigenvalue weighted by atomic mass is 15.2. The maximum absolute atomic E-state index is 5.97. The third-order valence-corrected chi connectivity index (χ3v) is 2.98. The molecule has 4 nitrogen and oxygen atoms in total. The molecule has 0 saturated carbocycles. The first kappa shape index (κ1) is 9.68. The van der Waals surface area contributed by atoms with Gasteiger partial charge in [0.25, 0.3) is 0 Å². The molecule has 0 radical (unpaired) electrons. The Hall–Kier alpha value is -0.870. The lowest BCUT2D eigenvalue weighted by Gasteiger charge is -2.34. The van der Waals surface area contributed by atoms with Crippen LogP contribution in [0.5, 0.6) is 0 Å². The third-order valence-electron chi connectivity index (χ3n) is 2.98. The Morgan fingerprint density at radius 3 is 2.93 bits per heavy atom. The predicted molar refractivity (Wildman–Crippen MR) is 55.8 cm³/mol. The fourth-order valence-electron chi connectivity index (χ4n) is 2.06. The minimum absolute atomic E-state index is 0.332. The molecular weight excluding hydrogens is 176 g/mol. The van der Waals surface area contributed by atoms with Crippen LogP contribution in [0.25, 0.3) is 0 Å². The molecule has 0 amide bonds. The van der Waals surface area contributed by atoms with Crippen LogP contribution >= 0.6 is 0 Å². The van der Waals surface area contributed by atoms with Crippen molar-refractivity contribution < 1.29 is 0 Å². The summed E-state index contributed by atoms with van der Waals surface area (Å²) in [5.74, 6) is 0. The van der Waals surface area contributed by atoms with Gasteiger partial charge >= 0.3 is 0 Å². The molecule has 1 aliphatic rings. The molecule has 78 valence electrons. The van der Waals surface area contributed by atoms with E-state index in [2.05, 4.69) is 23.1 Å². The highest BCUT2D eigenvalue weighted by molar-refractivity contribution is 5.06. The Morgan fingerprint density at radius 1 is 1.50 bits per heavy atom. The Bertz CT molecular complexity index is 307. The van der Waals surface area contributed by atoms with Crippen LogP contribution in [0.3, 0.4) is 0 Å². The van der Waals surface area contributed by atoms with Crippen molar-refractivity contribution in [3.63, 3.8) is 0 Å². The number of aryl methyl sites for hydroxylation is 1. The predicted octanol–water partition coefficient (Wildman–Crippen LogP) is 0.514. The van der Waals surface area contributed by atoms with E-state index in [0.717, 1.165) is 25.1 Å². The number of hydrogen-bond donors (Lipinski definition) is 1.